The predicted molar refractivity (Wildman–Crippen MR) is 126 cm³/mol. The fourth-order valence-corrected chi connectivity index (χ4v) is 7.71. The molecule has 0 bridgehead atoms. The number of esters is 3. The summed E-state index contributed by atoms with van der Waals surface area (Å²) in [7, 11) is 0. The van der Waals surface area contributed by atoms with E-state index in [0.717, 1.165) is 0 Å². The average Bonchev–Trinajstić information content (AvgIpc) is 3.01. The Morgan fingerprint density at radius 1 is 1.00 bits per heavy atom. The van der Waals surface area contributed by atoms with Crippen LogP contribution < -0.4 is 0 Å². The summed E-state index contributed by atoms with van der Waals surface area (Å²) >= 11 is 0. The van der Waals surface area contributed by atoms with Gasteiger partial charge in [-0.1, -0.05) is 6.92 Å². The minimum Gasteiger partial charge on any atom is -0.458 e. The highest BCUT2D eigenvalue weighted by atomic mass is 16.6. The summed E-state index contributed by atoms with van der Waals surface area (Å²) in [4.78, 5) is 36.6. The predicted octanol–water partition coefficient (Wildman–Crippen LogP) is 0.151. The van der Waals surface area contributed by atoms with Crippen molar-refractivity contribution >= 4 is 17.9 Å². The van der Waals surface area contributed by atoms with Gasteiger partial charge in [-0.2, -0.15) is 0 Å². The van der Waals surface area contributed by atoms with Crippen molar-refractivity contribution in [3.63, 3.8) is 0 Å². The van der Waals surface area contributed by atoms with Crippen LogP contribution in [0.25, 0.3) is 0 Å². The summed E-state index contributed by atoms with van der Waals surface area (Å²) in [6.45, 7) is 9.68. The van der Waals surface area contributed by atoms with Gasteiger partial charge >= 0.3 is 17.9 Å². The first kappa shape index (κ1) is 28.0. The van der Waals surface area contributed by atoms with Gasteiger partial charge in [0.1, 0.15) is 18.3 Å². The highest BCUT2D eigenvalue weighted by molar-refractivity contribution is 5.68. The normalized spacial score (nSPS) is 45.0. The molecule has 1 aliphatic heterocycles. The van der Waals surface area contributed by atoms with Gasteiger partial charge in [0.25, 0.3) is 0 Å². The molecule has 0 radical (unpaired) electrons. The van der Waals surface area contributed by atoms with E-state index in [1.807, 2.05) is 0 Å². The molecule has 0 aromatic heterocycles. The second-order valence-electron chi connectivity index (χ2n) is 11.8. The van der Waals surface area contributed by atoms with Crippen molar-refractivity contribution in [2.24, 2.45) is 16.7 Å². The molecule has 11 nitrogen and oxygen atoms in total. The lowest BCUT2D eigenvalue weighted by Crippen LogP contribution is -2.78. The van der Waals surface area contributed by atoms with Crippen molar-refractivity contribution in [3.8, 4) is 0 Å². The maximum absolute atomic E-state index is 12.4. The van der Waals surface area contributed by atoms with E-state index in [4.69, 9.17) is 18.9 Å². The molecule has 1 saturated heterocycles. The molecule has 1 heterocycles. The van der Waals surface area contributed by atoms with Crippen molar-refractivity contribution in [2.45, 2.75) is 109 Å². The zero-order valence-corrected chi connectivity index (χ0v) is 22.3. The monoisotopic (exact) mass is 526 g/mol. The Balaban J connectivity index is 2.06. The van der Waals surface area contributed by atoms with Gasteiger partial charge in [0.2, 0.25) is 0 Å². The quantitative estimate of drug-likeness (QED) is 0.223. The first-order valence-corrected chi connectivity index (χ1v) is 12.6. The van der Waals surface area contributed by atoms with E-state index in [1.54, 1.807) is 13.8 Å². The van der Waals surface area contributed by atoms with Crippen molar-refractivity contribution < 1.29 is 53.8 Å². The summed E-state index contributed by atoms with van der Waals surface area (Å²) in [6, 6.07) is 0. The van der Waals surface area contributed by atoms with E-state index in [0.29, 0.717) is 5.57 Å². The van der Waals surface area contributed by atoms with E-state index in [9.17, 15) is 34.8 Å². The van der Waals surface area contributed by atoms with Gasteiger partial charge in [0.15, 0.2) is 11.7 Å². The molecule has 0 spiro atoms. The molecule has 208 valence electrons. The summed E-state index contributed by atoms with van der Waals surface area (Å²) < 4.78 is 22.8. The van der Waals surface area contributed by atoms with E-state index >= 15 is 0 Å². The van der Waals surface area contributed by atoms with Crippen molar-refractivity contribution in [1.82, 2.24) is 0 Å². The zero-order chi connectivity index (χ0) is 27.9. The Hall–Kier alpha value is -2.05. The van der Waals surface area contributed by atoms with E-state index in [2.05, 4.69) is 0 Å². The molecule has 0 aromatic rings. The van der Waals surface area contributed by atoms with Gasteiger partial charge < -0.3 is 39.4 Å². The molecule has 2 saturated carbocycles. The molecule has 11 heteroatoms. The van der Waals surface area contributed by atoms with Gasteiger partial charge in [0, 0.05) is 44.9 Å². The van der Waals surface area contributed by atoms with Crippen LogP contribution in [0, 0.1) is 16.7 Å². The average molecular weight is 527 g/mol. The second-order valence-corrected chi connectivity index (χ2v) is 11.8. The van der Waals surface area contributed by atoms with E-state index in [-0.39, 0.29) is 25.0 Å². The molecular formula is C26H38O11. The maximum atomic E-state index is 12.4. The molecule has 37 heavy (non-hydrogen) atoms. The van der Waals surface area contributed by atoms with Crippen LogP contribution in [0.5, 0.6) is 0 Å². The minimum atomic E-state index is -1.72. The molecule has 3 aliphatic carbocycles. The topological polar surface area (TPSA) is 169 Å². The van der Waals surface area contributed by atoms with Crippen LogP contribution >= 0.6 is 0 Å². The van der Waals surface area contributed by atoms with Crippen LogP contribution in [0.15, 0.2) is 11.1 Å². The van der Waals surface area contributed by atoms with Crippen LogP contribution in [0.3, 0.4) is 0 Å². The summed E-state index contributed by atoms with van der Waals surface area (Å²) in [5.74, 6) is -3.12. The number of ether oxygens (including phenoxy) is 4. The van der Waals surface area contributed by atoms with Crippen molar-refractivity contribution in [3.05, 3.63) is 11.1 Å². The lowest BCUT2D eigenvalue weighted by Gasteiger charge is -2.65. The van der Waals surface area contributed by atoms with Crippen LogP contribution in [0.4, 0.5) is 0 Å². The van der Waals surface area contributed by atoms with Gasteiger partial charge in [-0.05, 0) is 31.9 Å². The Morgan fingerprint density at radius 3 is 2.05 bits per heavy atom. The van der Waals surface area contributed by atoms with Gasteiger partial charge in [-0.15, -0.1) is 0 Å². The summed E-state index contributed by atoms with van der Waals surface area (Å²) in [6.07, 6.45) is -7.56. The Labute approximate surface area is 215 Å². The number of hydrogen-bond acceptors (Lipinski definition) is 11. The first-order chi connectivity index (χ1) is 16.9. The van der Waals surface area contributed by atoms with Gasteiger partial charge in [-0.3, -0.25) is 14.4 Å². The second kappa shape index (κ2) is 8.74. The molecule has 4 rings (SSSR count). The number of fused-ring (bicyclic) bond motifs is 4. The lowest BCUT2D eigenvalue weighted by molar-refractivity contribution is -0.351. The maximum Gasteiger partial charge on any atom is 0.303 e. The fraction of sp³-hybridized carbons (Fsp3) is 0.808. The third-order valence-electron chi connectivity index (χ3n) is 9.36. The zero-order valence-electron chi connectivity index (χ0n) is 22.3. The minimum absolute atomic E-state index is 0.000468. The van der Waals surface area contributed by atoms with Gasteiger partial charge in [-0.25, -0.2) is 0 Å². The summed E-state index contributed by atoms with van der Waals surface area (Å²) in [5, 5.41) is 47.5. The van der Waals surface area contributed by atoms with E-state index in [1.165, 1.54) is 34.6 Å². The SMILES string of the molecule is CC(=O)OC1CC2(C(C)(C)O)C(=C1C)C(OC(C)=O)C(O)C1(C)C(O)CC3OCC3(OC(C)=O)C1C2O. The fourth-order valence-electron chi connectivity index (χ4n) is 7.71. The lowest BCUT2D eigenvalue weighted by atomic mass is 9.50. The molecule has 4 aliphatic rings. The van der Waals surface area contributed by atoms with Crippen LogP contribution in [0.2, 0.25) is 0 Å². The molecule has 4 N–H and O–H groups in total. The number of aliphatic hydroxyl groups excluding tert-OH is 3. The Kier molecular flexibility index (Phi) is 6.61. The number of hydrogen-bond donors (Lipinski definition) is 4. The molecule has 3 fully saturated rings. The van der Waals surface area contributed by atoms with Crippen molar-refractivity contribution in [1.29, 1.82) is 0 Å². The molecule has 10 atom stereocenters. The smallest absolute Gasteiger partial charge is 0.303 e. The number of aliphatic hydroxyl groups is 4. The number of carbonyl (C=O) groups excluding carboxylic acids is 3. The van der Waals surface area contributed by atoms with Crippen molar-refractivity contribution in [2.75, 3.05) is 6.61 Å². The van der Waals surface area contributed by atoms with Crippen LogP contribution in [0.1, 0.15) is 61.3 Å². The Bertz CT molecular complexity index is 1030. The number of carbonyl (C=O) groups is 3. The molecule has 10 unspecified atom stereocenters. The number of rotatable bonds is 4. The molecule has 0 amide bonds. The highest BCUT2D eigenvalue weighted by Crippen LogP contribution is 2.67. The van der Waals surface area contributed by atoms with E-state index < -0.39 is 82.5 Å². The first-order valence-electron chi connectivity index (χ1n) is 12.6. The standard InChI is InChI=1S/C26H38O11/c1-11-15(35-12(2)27)9-25(23(5,6)33)18(11)19(36-13(3)28)21(31)24(7)16(30)8-17-26(10-34-17,37-14(4)29)20(24)22(25)32/h15-17,19-22,30-33H,8-10H2,1-7H3. The third-order valence-corrected chi connectivity index (χ3v) is 9.36. The largest absolute Gasteiger partial charge is 0.458 e. The highest BCUT2D eigenvalue weighted by Gasteiger charge is 2.78. The summed E-state index contributed by atoms with van der Waals surface area (Å²) in [5.41, 5.74) is -5.71. The van der Waals surface area contributed by atoms with Crippen LogP contribution in [-0.4, -0.2) is 92.8 Å². The van der Waals surface area contributed by atoms with Crippen LogP contribution in [-0.2, 0) is 33.3 Å². The third kappa shape index (κ3) is 3.69. The van der Waals surface area contributed by atoms with Gasteiger partial charge in [0.05, 0.1) is 29.8 Å². The molecule has 0 aromatic carbocycles. The Morgan fingerprint density at radius 2 is 1.59 bits per heavy atom. The molecular weight excluding hydrogens is 488 g/mol.